The van der Waals surface area contributed by atoms with E-state index in [9.17, 15) is 0 Å². The molecule has 1 saturated carbocycles. The maximum atomic E-state index is 6.11. The third-order valence-electron chi connectivity index (χ3n) is 4.18. The average molecular weight is 294 g/mol. The SMILES string of the molecule is CCOc1ccccc1OCC1(CS)CCCCCC1. The van der Waals surface area contributed by atoms with Crippen LogP contribution in [-0.2, 0) is 0 Å². The predicted octanol–water partition coefficient (Wildman–Crippen LogP) is 4.73. The van der Waals surface area contributed by atoms with Gasteiger partial charge in [-0.15, -0.1) is 0 Å². The maximum Gasteiger partial charge on any atom is 0.161 e. The summed E-state index contributed by atoms with van der Waals surface area (Å²) < 4.78 is 11.7. The van der Waals surface area contributed by atoms with Crippen LogP contribution in [0.2, 0.25) is 0 Å². The van der Waals surface area contributed by atoms with Crippen LogP contribution in [-0.4, -0.2) is 19.0 Å². The molecule has 0 aliphatic heterocycles. The quantitative estimate of drug-likeness (QED) is 0.604. The van der Waals surface area contributed by atoms with Crippen LogP contribution in [0.25, 0.3) is 0 Å². The molecule has 0 heterocycles. The number of para-hydroxylation sites is 2. The second-order valence-electron chi connectivity index (χ2n) is 5.74. The molecule has 1 fully saturated rings. The van der Waals surface area contributed by atoms with E-state index in [1.165, 1.54) is 38.5 Å². The minimum Gasteiger partial charge on any atom is -0.490 e. The van der Waals surface area contributed by atoms with Crippen molar-refractivity contribution >= 4 is 12.6 Å². The van der Waals surface area contributed by atoms with Gasteiger partial charge in [0.25, 0.3) is 0 Å². The molecule has 0 spiro atoms. The molecule has 0 unspecified atom stereocenters. The van der Waals surface area contributed by atoms with E-state index in [2.05, 4.69) is 12.6 Å². The summed E-state index contributed by atoms with van der Waals surface area (Å²) in [5.41, 5.74) is 0.235. The van der Waals surface area contributed by atoms with Gasteiger partial charge < -0.3 is 9.47 Å². The Hall–Kier alpha value is -0.830. The van der Waals surface area contributed by atoms with Crippen LogP contribution in [0.1, 0.15) is 45.4 Å². The van der Waals surface area contributed by atoms with E-state index < -0.39 is 0 Å². The molecule has 0 N–H and O–H groups in total. The molecule has 2 rings (SSSR count). The Morgan fingerprint density at radius 3 is 2.15 bits per heavy atom. The average Bonchev–Trinajstić information content (AvgIpc) is 2.73. The van der Waals surface area contributed by atoms with E-state index in [0.29, 0.717) is 6.61 Å². The van der Waals surface area contributed by atoms with Gasteiger partial charge in [-0.05, 0) is 37.7 Å². The molecule has 0 saturated heterocycles. The Labute approximate surface area is 128 Å². The van der Waals surface area contributed by atoms with Crippen molar-refractivity contribution in [2.24, 2.45) is 5.41 Å². The van der Waals surface area contributed by atoms with Crippen LogP contribution in [0.5, 0.6) is 11.5 Å². The Morgan fingerprint density at radius 2 is 1.60 bits per heavy atom. The second-order valence-corrected chi connectivity index (χ2v) is 6.06. The van der Waals surface area contributed by atoms with Gasteiger partial charge >= 0.3 is 0 Å². The molecule has 0 aromatic heterocycles. The number of thiol groups is 1. The summed E-state index contributed by atoms with van der Waals surface area (Å²) in [5.74, 6) is 2.61. The lowest BCUT2D eigenvalue weighted by atomic mass is 9.83. The summed E-state index contributed by atoms with van der Waals surface area (Å²) in [7, 11) is 0. The van der Waals surface area contributed by atoms with Gasteiger partial charge in [0, 0.05) is 5.41 Å². The van der Waals surface area contributed by atoms with Gasteiger partial charge in [-0.25, -0.2) is 0 Å². The molecule has 0 bridgehead atoms. The van der Waals surface area contributed by atoms with Crippen molar-refractivity contribution in [2.75, 3.05) is 19.0 Å². The van der Waals surface area contributed by atoms with Crippen LogP contribution >= 0.6 is 12.6 Å². The third-order valence-corrected chi connectivity index (χ3v) is 4.85. The standard InChI is InChI=1S/C17H26O2S/c1-2-18-15-9-5-6-10-16(15)19-13-17(14-20)11-7-3-4-8-12-17/h5-6,9-10,20H,2-4,7-8,11-14H2,1H3. The summed E-state index contributed by atoms with van der Waals surface area (Å²) in [6, 6.07) is 7.95. The van der Waals surface area contributed by atoms with E-state index in [-0.39, 0.29) is 5.41 Å². The summed E-state index contributed by atoms with van der Waals surface area (Å²) in [5, 5.41) is 0. The van der Waals surface area contributed by atoms with Crippen molar-refractivity contribution in [1.82, 2.24) is 0 Å². The minimum absolute atomic E-state index is 0.235. The van der Waals surface area contributed by atoms with Gasteiger partial charge in [0.15, 0.2) is 11.5 Å². The Morgan fingerprint density at radius 1 is 1.00 bits per heavy atom. The summed E-state index contributed by atoms with van der Waals surface area (Å²) >= 11 is 4.60. The number of hydrogen-bond donors (Lipinski definition) is 1. The number of ether oxygens (including phenoxy) is 2. The molecule has 0 radical (unpaired) electrons. The molecule has 1 aromatic carbocycles. The first-order chi connectivity index (χ1) is 9.79. The topological polar surface area (TPSA) is 18.5 Å². The molecule has 1 aliphatic carbocycles. The molecule has 3 heteroatoms. The number of rotatable bonds is 6. The molecule has 0 atom stereocenters. The second kappa shape index (κ2) is 7.82. The Balaban J connectivity index is 2.02. The van der Waals surface area contributed by atoms with E-state index in [1.807, 2.05) is 31.2 Å². The van der Waals surface area contributed by atoms with Gasteiger partial charge in [-0.2, -0.15) is 12.6 Å². The summed E-state index contributed by atoms with van der Waals surface area (Å²) in [4.78, 5) is 0. The first-order valence-electron chi connectivity index (χ1n) is 7.75. The van der Waals surface area contributed by atoms with Crippen molar-refractivity contribution in [3.63, 3.8) is 0 Å². The Kier molecular flexibility index (Phi) is 6.08. The zero-order valence-electron chi connectivity index (χ0n) is 12.4. The molecular formula is C17H26O2S. The first kappa shape index (κ1) is 15.6. The molecule has 0 amide bonds. The van der Waals surface area contributed by atoms with Crippen molar-refractivity contribution in [1.29, 1.82) is 0 Å². The summed E-state index contributed by atoms with van der Waals surface area (Å²) in [6.45, 7) is 3.41. The van der Waals surface area contributed by atoms with Crippen molar-refractivity contribution < 1.29 is 9.47 Å². The highest BCUT2D eigenvalue weighted by Gasteiger charge is 2.30. The molecule has 20 heavy (non-hydrogen) atoms. The molecule has 112 valence electrons. The molecule has 2 nitrogen and oxygen atoms in total. The fourth-order valence-electron chi connectivity index (χ4n) is 2.90. The summed E-state index contributed by atoms with van der Waals surface area (Å²) in [6.07, 6.45) is 7.77. The minimum atomic E-state index is 0.235. The predicted molar refractivity (Wildman–Crippen MR) is 87.1 cm³/mol. The zero-order chi connectivity index (χ0) is 14.3. The van der Waals surface area contributed by atoms with E-state index in [1.54, 1.807) is 0 Å². The lowest BCUT2D eigenvalue weighted by Crippen LogP contribution is -2.30. The first-order valence-corrected chi connectivity index (χ1v) is 8.38. The van der Waals surface area contributed by atoms with Crippen LogP contribution in [0, 0.1) is 5.41 Å². The maximum absolute atomic E-state index is 6.11. The van der Waals surface area contributed by atoms with Crippen LogP contribution in [0.15, 0.2) is 24.3 Å². The third kappa shape index (κ3) is 4.08. The fourth-order valence-corrected chi connectivity index (χ4v) is 3.31. The molecule has 1 aliphatic rings. The van der Waals surface area contributed by atoms with Gasteiger partial charge in [-0.3, -0.25) is 0 Å². The van der Waals surface area contributed by atoms with E-state index in [4.69, 9.17) is 9.47 Å². The highest BCUT2D eigenvalue weighted by Crippen LogP contribution is 2.37. The zero-order valence-corrected chi connectivity index (χ0v) is 13.3. The van der Waals surface area contributed by atoms with Gasteiger partial charge in [0.2, 0.25) is 0 Å². The number of benzene rings is 1. The highest BCUT2D eigenvalue weighted by atomic mass is 32.1. The van der Waals surface area contributed by atoms with Gasteiger partial charge in [0.1, 0.15) is 0 Å². The Bertz CT molecular complexity index is 398. The van der Waals surface area contributed by atoms with Crippen LogP contribution in [0.4, 0.5) is 0 Å². The van der Waals surface area contributed by atoms with Crippen molar-refractivity contribution in [3.8, 4) is 11.5 Å². The van der Waals surface area contributed by atoms with E-state index >= 15 is 0 Å². The van der Waals surface area contributed by atoms with E-state index in [0.717, 1.165) is 23.9 Å². The molecular weight excluding hydrogens is 268 g/mol. The van der Waals surface area contributed by atoms with Crippen molar-refractivity contribution in [2.45, 2.75) is 45.4 Å². The highest BCUT2D eigenvalue weighted by molar-refractivity contribution is 7.80. The lowest BCUT2D eigenvalue weighted by molar-refractivity contribution is 0.143. The number of hydrogen-bond acceptors (Lipinski definition) is 3. The van der Waals surface area contributed by atoms with Crippen molar-refractivity contribution in [3.05, 3.63) is 24.3 Å². The monoisotopic (exact) mass is 294 g/mol. The van der Waals surface area contributed by atoms with Crippen LogP contribution in [0.3, 0.4) is 0 Å². The van der Waals surface area contributed by atoms with Crippen LogP contribution < -0.4 is 9.47 Å². The smallest absolute Gasteiger partial charge is 0.161 e. The molecule has 1 aromatic rings. The van der Waals surface area contributed by atoms with Gasteiger partial charge in [0.05, 0.1) is 13.2 Å². The largest absolute Gasteiger partial charge is 0.490 e. The van der Waals surface area contributed by atoms with Gasteiger partial charge in [-0.1, -0.05) is 37.8 Å². The lowest BCUT2D eigenvalue weighted by Gasteiger charge is -2.31. The normalized spacial score (nSPS) is 18.3. The fraction of sp³-hybridized carbons (Fsp3) is 0.647.